The molecule has 0 spiro atoms. The molecule has 1 aromatic carbocycles. The number of hydrogen-bond donors (Lipinski definition) is 1. The molecule has 0 bridgehead atoms. The third-order valence-electron chi connectivity index (χ3n) is 4.60. The minimum absolute atomic E-state index is 0.214. The number of pyridine rings is 1. The molecule has 2 aromatic heterocycles. The van der Waals surface area contributed by atoms with Crippen LogP contribution >= 0.6 is 0 Å². The number of benzene rings is 1. The summed E-state index contributed by atoms with van der Waals surface area (Å²) in [4.78, 5) is 7.05. The Morgan fingerprint density at radius 2 is 2.00 bits per heavy atom. The zero-order valence-electron chi connectivity index (χ0n) is 14.8. The molecule has 0 atom stereocenters. The van der Waals surface area contributed by atoms with Gasteiger partial charge in [0.05, 0.1) is 42.8 Å². The molecule has 3 aromatic rings. The van der Waals surface area contributed by atoms with Crippen LogP contribution in [0.2, 0.25) is 0 Å². The summed E-state index contributed by atoms with van der Waals surface area (Å²) in [5, 5.41) is 5.67. The summed E-state index contributed by atoms with van der Waals surface area (Å²) in [6.45, 7) is 4.60. The van der Waals surface area contributed by atoms with Gasteiger partial charge in [-0.25, -0.2) is 18.1 Å². The molecule has 7 nitrogen and oxygen atoms in total. The van der Waals surface area contributed by atoms with Gasteiger partial charge in [-0.3, -0.25) is 4.68 Å². The van der Waals surface area contributed by atoms with Crippen LogP contribution in [0.3, 0.4) is 0 Å². The number of anilines is 1. The molecule has 1 N–H and O–H groups in total. The highest BCUT2D eigenvalue weighted by Gasteiger charge is 2.20. The second-order valence-corrected chi connectivity index (χ2v) is 8.51. The second kappa shape index (κ2) is 6.37. The van der Waals surface area contributed by atoms with Gasteiger partial charge in [0.25, 0.3) is 0 Å². The molecule has 3 heterocycles. The monoisotopic (exact) mass is 371 g/mol. The number of sulfonamides is 1. The molecule has 26 heavy (non-hydrogen) atoms. The highest BCUT2D eigenvalue weighted by molar-refractivity contribution is 7.88. The van der Waals surface area contributed by atoms with E-state index >= 15 is 0 Å². The number of hydrogen-bond acceptors (Lipinski definition) is 5. The van der Waals surface area contributed by atoms with Crippen molar-refractivity contribution < 1.29 is 8.42 Å². The van der Waals surface area contributed by atoms with Gasteiger partial charge in [-0.1, -0.05) is 18.2 Å². The Bertz CT molecular complexity index is 1070. The Balaban J connectivity index is 1.58. The van der Waals surface area contributed by atoms with Crippen molar-refractivity contribution in [1.29, 1.82) is 0 Å². The van der Waals surface area contributed by atoms with Crippen molar-refractivity contribution in [3.63, 3.8) is 0 Å². The van der Waals surface area contributed by atoms with Crippen LogP contribution in [-0.2, 0) is 29.7 Å². The smallest absolute Gasteiger partial charge is 0.209 e. The van der Waals surface area contributed by atoms with Crippen molar-refractivity contribution in [3.8, 4) is 0 Å². The van der Waals surface area contributed by atoms with E-state index < -0.39 is 10.0 Å². The first-order valence-corrected chi connectivity index (χ1v) is 10.4. The molecule has 0 aliphatic carbocycles. The van der Waals surface area contributed by atoms with E-state index in [1.54, 1.807) is 0 Å². The quantitative estimate of drug-likeness (QED) is 0.757. The van der Waals surface area contributed by atoms with Gasteiger partial charge in [0.15, 0.2) is 0 Å². The molecular formula is C18H21N5O2S. The minimum atomic E-state index is -3.22. The molecule has 8 heteroatoms. The van der Waals surface area contributed by atoms with Gasteiger partial charge in [-0.2, -0.15) is 5.10 Å². The van der Waals surface area contributed by atoms with Crippen LogP contribution in [-0.4, -0.2) is 36.0 Å². The lowest BCUT2D eigenvalue weighted by Crippen LogP contribution is -2.34. The number of aromatic nitrogens is 3. The molecule has 136 valence electrons. The summed E-state index contributed by atoms with van der Waals surface area (Å²) in [5.74, 6) is 0.962. The summed E-state index contributed by atoms with van der Waals surface area (Å²) < 4.78 is 27.0. The topological polar surface area (TPSA) is 80.1 Å². The van der Waals surface area contributed by atoms with Crippen molar-refractivity contribution in [2.75, 3.05) is 17.7 Å². The number of fused-ring (bicyclic) bond motifs is 2. The van der Waals surface area contributed by atoms with Crippen LogP contribution < -0.4 is 9.62 Å². The summed E-state index contributed by atoms with van der Waals surface area (Å²) in [5.41, 5.74) is 4.01. The van der Waals surface area contributed by atoms with E-state index in [4.69, 9.17) is 4.98 Å². The standard InChI is InChI=1S/C18H21N5O2S/c1-13-9-18(20-17-6-4-3-5-16(13)17)22-7-8-23-15(12-22)10-14(21-23)11-19-26(2,24)25/h3-6,9-10,19H,7-8,11-12H2,1-2H3. The lowest BCUT2D eigenvalue weighted by Gasteiger charge is -2.29. The Morgan fingerprint density at radius 3 is 2.81 bits per heavy atom. The molecule has 1 aliphatic heterocycles. The molecule has 0 amide bonds. The zero-order valence-corrected chi connectivity index (χ0v) is 15.6. The minimum Gasteiger partial charge on any atom is -0.349 e. The fraction of sp³-hybridized carbons (Fsp3) is 0.333. The lowest BCUT2D eigenvalue weighted by molar-refractivity contribution is 0.513. The van der Waals surface area contributed by atoms with E-state index in [1.807, 2.05) is 28.9 Å². The van der Waals surface area contributed by atoms with Gasteiger partial charge >= 0.3 is 0 Å². The molecule has 0 unspecified atom stereocenters. The average molecular weight is 371 g/mol. The summed E-state index contributed by atoms with van der Waals surface area (Å²) in [6, 6.07) is 12.2. The molecule has 0 fully saturated rings. The largest absolute Gasteiger partial charge is 0.349 e. The van der Waals surface area contributed by atoms with E-state index in [-0.39, 0.29) is 6.54 Å². The normalized spacial score (nSPS) is 14.6. The maximum absolute atomic E-state index is 11.3. The van der Waals surface area contributed by atoms with Crippen molar-refractivity contribution in [1.82, 2.24) is 19.5 Å². The SMILES string of the molecule is Cc1cc(N2CCn3nc(CNS(C)(=O)=O)cc3C2)nc2ccccc12. The van der Waals surface area contributed by atoms with E-state index in [2.05, 4.69) is 33.8 Å². The molecule has 0 radical (unpaired) electrons. The summed E-state index contributed by atoms with van der Waals surface area (Å²) in [7, 11) is -3.22. The Kier molecular flexibility index (Phi) is 4.16. The van der Waals surface area contributed by atoms with E-state index in [1.165, 1.54) is 10.9 Å². The maximum Gasteiger partial charge on any atom is 0.209 e. The summed E-state index contributed by atoms with van der Waals surface area (Å²) >= 11 is 0. The van der Waals surface area contributed by atoms with Crippen molar-refractivity contribution in [2.45, 2.75) is 26.6 Å². The maximum atomic E-state index is 11.3. The number of rotatable bonds is 4. The first-order chi connectivity index (χ1) is 12.4. The van der Waals surface area contributed by atoms with Gasteiger partial charge in [0.2, 0.25) is 10.0 Å². The van der Waals surface area contributed by atoms with Crippen molar-refractivity contribution in [3.05, 3.63) is 53.3 Å². The van der Waals surface area contributed by atoms with Crippen molar-refractivity contribution >= 4 is 26.7 Å². The second-order valence-electron chi connectivity index (χ2n) is 6.68. The number of nitrogens with zero attached hydrogens (tertiary/aromatic N) is 4. The third-order valence-corrected chi connectivity index (χ3v) is 5.27. The fourth-order valence-electron chi connectivity index (χ4n) is 3.31. The lowest BCUT2D eigenvalue weighted by atomic mass is 10.1. The van der Waals surface area contributed by atoms with Crippen LogP contribution in [0.15, 0.2) is 36.4 Å². The van der Waals surface area contributed by atoms with Crippen molar-refractivity contribution in [2.24, 2.45) is 0 Å². The fourth-order valence-corrected chi connectivity index (χ4v) is 3.72. The van der Waals surface area contributed by atoms with E-state index in [9.17, 15) is 8.42 Å². The van der Waals surface area contributed by atoms with Crippen LogP contribution in [0.4, 0.5) is 5.82 Å². The van der Waals surface area contributed by atoms with Crippen LogP contribution in [0, 0.1) is 6.92 Å². The average Bonchev–Trinajstić information content (AvgIpc) is 3.01. The molecule has 1 aliphatic rings. The van der Waals surface area contributed by atoms with Gasteiger partial charge in [-0.05, 0) is 30.7 Å². The predicted octanol–water partition coefficient (Wildman–Crippen LogP) is 1.81. The van der Waals surface area contributed by atoms with Gasteiger partial charge in [-0.15, -0.1) is 0 Å². The van der Waals surface area contributed by atoms with Gasteiger partial charge in [0, 0.05) is 11.9 Å². The number of nitrogens with one attached hydrogen (secondary N) is 1. The Morgan fingerprint density at radius 1 is 1.19 bits per heavy atom. The third kappa shape index (κ3) is 3.42. The van der Waals surface area contributed by atoms with E-state index in [0.29, 0.717) is 6.54 Å². The molecule has 4 rings (SSSR count). The highest BCUT2D eigenvalue weighted by atomic mass is 32.2. The number of para-hydroxylation sites is 1. The predicted molar refractivity (Wildman–Crippen MR) is 101 cm³/mol. The van der Waals surface area contributed by atoms with Gasteiger partial charge < -0.3 is 4.90 Å². The molecule has 0 saturated heterocycles. The Labute approximate surface area is 152 Å². The van der Waals surface area contributed by atoms with Crippen LogP contribution in [0.1, 0.15) is 17.0 Å². The highest BCUT2D eigenvalue weighted by Crippen LogP contribution is 2.25. The van der Waals surface area contributed by atoms with Crippen LogP contribution in [0.25, 0.3) is 10.9 Å². The zero-order chi connectivity index (χ0) is 18.3. The number of aryl methyl sites for hydroxylation is 1. The van der Waals surface area contributed by atoms with E-state index in [0.717, 1.165) is 42.1 Å². The first-order valence-electron chi connectivity index (χ1n) is 8.51. The van der Waals surface area contributed by atoms with Gasteiger partial charge in [0.1, 0.15) is 5.82 Å². The molecular weight excluding hydrogens is 350 g/mol. The van der Waals surface area contributed by atoms with Crippen LogP contribution in [0.5, 0.6) is 0 Å². The summed E-state index contributed by atoms with van der Waals surface area (Å²) in [6.07, 6.45) is 1.15. The first kappa shape index (κ1) is 17.0. The Hall–Kier alpha value is -2.45. The molecule has 0 saturated carbocycles.